The first-order valence-electron chi connectivity index (χ1n) is 9.77. The van der Waals surface area contributed by atoms with Crippen LogP contribution in [0.5, 0.6) is 0 Å². The van der Waals surface area contributed by atoms with Crippen LogP contribution in [0, 0.1) is 17.8 Å². The van der Waals surface area contributed by atoms with Gasteiger partial charge in [-0.25, -0.2) is 0 Å². The highest BCUT2D eigenvalue weighted by atomic mass is 127. The van der Waals surface area contributed by atoms with Gasteiger partial charge in [-0.1, -0.05) is 44.2 Å². The summed E-state index contributed by atoms with van der Waals surface area (Å²) >= 11 is 0. The highest BCUT2D eigenvalue weighted by molar-refractivity contribution is 14.0. The molecule has 0 saturated carbocycles. The van der Waals surface area contributed by atoms with Crippen LogP contribution in [0.4, 0.5) is 0 Å². The number of guanidine groups is 1. The van der Waals surface area contributed by atoms with Crippen LogP contribution in [-0.4, -0.2) is 56.7 Å². The molecule has 28 heavy (non-hydrogen) atoms. The van der Waals surface area contributed by atoms with Crippen LogP contribution >= 0.6 is 24.0 Å². The van der Waals surface area contributed by atoms with Gasteiger partial charge >= 0.3 is 5.97 Å². The number of hydrogen-bond donors (Lipinski definition) is 1. The largest absolute Gasteiger partial charge is 0.469 e. The van der Waals surface area contributed by atoms with Crippen LogP contribution in [0.15, 0.2) is 35.3 Å². The summed E-state index contributed by atoms with van der Waals surface area (Å²) in [5, 5.41) is 3.34. The van der Waals surface area contributed by atoms with E-state index in [2.05, 4.69) is 43.1 Å². The number of benzene rings is 1. The number of esters is 1. The van der Waals surface area contributed by atoms with Gasteiger partial charge in [-0.3, -0.25) is 9.79 Å². The van der Waals surface area contributed by atoms with Gasteiger partial charge in [0.1, 0.15) is 0 Å². The molecule has 0 aliphatic carbocycles. The zero-order valence-corrected chi connectivity index (χ0v) is 19.7. The number of halogens is 1. The number of carbonyl (C=O) groups excluding carboxylic acids is 1. The van der Waals surface area contributed by atoms with E-state index in [-0.39, 0.29) is 41.8 Å². The summed E-state index contributed by atoms with van der Waals surface area (Å²) in [5.41, 5.74) is 1.18. The normalized spacial score (nSPS) is 20.4. The van der Waals surface area contributed by atoms with E-state index >= 15 is 0 Å². The van der Waals surface area contributed by atoms with Crippen molar-refractivity contribution < 1.29 is 14.3 Å². The Labute approximate surface area is 186 Å². The number of aliphatic imine (C=N–C) groups is 1. The van der Waals surface area contributed by atoms with Crippen molar-refractivity contribution in [3.8, 4) is 0 Å². The maximum absolute atomic E-state index is 11.9. The van der Waals surface area contributed by atoms with Crippen LogP contribution in [0.1, 0.15) is 26.3 Å². The molecule has 1 saturated heterocycles. The van der Waals surface area contributed by atoms with Crippen molar-refractivity contribution in [1.82, 2.24) is 10.2 Å². The van der Waals surface area contributed by atoms with E-state index < -0.39 is 0 Å². The van der Waals surface area contributed by atoms with E-state index in [4.69, 9.17) is 14.5 Å². The Kier molecular flexibility index (Phi) is 11.4. The molecule has 158 valence electrons. The van der Waals surface area contributed by atoms with Gasteiger partial charge < -0.3 is 19.7 Å². The summed E-state index contributed by atoms with van der Waals surface area (Å²) in [6.45, 7) is 10.5. The lowest BCUT2D eigenvalue weighted by atomic mass is 9.99. The van der Waals surface area contributed by atoms with Crippen molar-refractivity contribution in [1.29, 1.82) is 0 Å². The monoisotopic (exact) mass is 503 g/mol. The molecule has 0 spiro atoms. The lowest BCUT2D eigenvalue weighted by Crippen LogP contribution is -2.41. The minimum Gasteiger partial charge on any atom is -0.469 e. The lowest BCUT2D eigenvalue weighted by Gasteiger charge is -2.22. The molecule has 7 heteroatoms. The smallest absolute Gasteiger partial charge is 0.310 e. The molecule has 1 aromatic carbocycles. The zero-order chi connectivity index (χ0) is 19.6. The summed E-state index contributed by atoms with van der Waals surface area (Å²) in [6, 6.07) is 10.2. The van der Waals surface area contributed by atoms with Crippen LogP contribution < -0.4 is 5.32 Å². The number of likely N-dealkylation sites (tertiary alicyclic amines) is 1. The molecule has 6 nitrogen and oxygen atoms in total. The van der Waals surface area contributed by atoms with E-state index in [1.165, 1.54) is 12.7 Å². The standard InChI is InChI=1S/C21H33N3O3.HI/c1-5-22-21(24-12-17(3)19(13-24)20(25)26-4)23-11-16(2)14-27-15-18-9-7-6-8-10-18;/h6-10,16-17,19H,5,11-15H2,1-4H3,(H,22,23);1H. The molecule has 0 radical (unpaired) electrons. The molecule has 3 unspecified atom stereocenters. The van der Waals surface area contributed by atoms with Gasteiger partial charge in [-0.15, -0.1) is 24.0 Å². The summed E-state index contributed by atoms with van der Waals surface area (Å²) in [4.78, 5) is 18.9. The zero-order valence-electron chi connectivity index (χ0n) is 17.4. The maximum atomic E-state index is 11.9. The van der Waals surface area contributed by atoms with Gasteiger partial charge in [0, 0.05) is 26.2 Å². The fourth-order valence-corrected chi connectivity index (χ4v) is 3.27. The van der Waals surface area contributed by atoms with Gasteiger partial charge in [-0.2, -0.15) is 0 Å². The van der Waals surface area contributed by atoms with Crippen molar-refractivity contribution in [3.05, 3.63) is 35.9 Å². The van der Waals surface area contributed by atoms with Crippen molar-refractivity contribution in [2.45, 2.75) is 27.4 Å². The average Bonchev–Trinajstić information content (AvgIpc) is 3.07. The van der Waals surface area contributed by atoms with Gasteiger partial charge in [0.15, 0.2) is 5.96 Å². The molecule has 1 heterocycles. The van der Waals surface area contributed by atoms with Crippen LogP contribution in [-0.2, 0) is 20.9 Å². The average molecular weight is 503 g/mol. The number of hydrogen-bond acceptors (Lipinski definition) is 4. The quantitative estimate of drug-likeness (QED) is 0.256. The van der Waals surface area contributed by atoms with Crippen molar-refractivity contribution in [3.63, 3.8) is 0 Å². The van der Waals surface area contributed by atoms with Gasteiger partial charge in [0.25, 0.3) is 0 Å². The summed E-state index contributed by atoms with van der Waals surface area (Å²) in [5.74, 6) is 1.21. The molecular weight excluding hydrogens is 469 g/mol. The molecule has 0 bridgehead atoms. The summed E-state index contributed by atoms with van der Waals surface area (Å²) in [7, 11) is 1.45. The van der Waals surface area contributed by atoms with Crippen LogP contribution in [0.3, 0.4) is 0 Å². The van der Waals surface area contributed by atoms with Gasteiger partial charge in [0.2, 0.25) is 0 Å². The van der Waals surface area contributed by atoms with Gasteiger partial charge in [0.05, 0.1) is 26.2 Å². The second kappa shape index (κ2) is 13.0. The maximum Gasteiger partial charge on any atom is 0.310 e. The van der Waals surface area contributed by atoms with E-state index in [1.807, 2.05) is 18.2 Å². The first-order chi connectivity index (χ1) is 13.0. The van der Waals surface area contributed by atoms with E-state index in [0.717, 1.165) is 19.0 Å². The Bertz CT molecular complexity index is 612. The molecule has 2 rings (SSSR count). The SMILES string of the molecule is CCNC(=NCC(C)COCc1ccccc1)N1CC(C)C(C(=O)OC)C1.I. The van der Waals surface area contributed by atoms with E-state index in [1.54, 1.807) is 0 Å². The fraction of sp³-hybridized carbons (Fsp3) is 0.619. The third-order valence-electron chi connectivity index (χ3n) is 4.82. The van der Waals surface area contributed by atoms with Crippen LogP contribution in [0.2, 0.25) is 0 Å². The predicted octanol–water partition coefficient (Wildman–Crippen LogP) is 3.16. The Morgan fingerprint density at radius 3 is 2.68 bits per heavy atom. The highest BCUT2D eigenvalue weighted by Crippen LogP contribution is 2.24. The minimum absolute atomic E-state index is 0. The van der Waals surface area contributed by atoms with E-state index in [0.29, 0.717) is 32.2 Å². The molecule has 1 aromatic rings. The molecule has 1 N–H and O–H groups in total. The van der Waals surface area contributed by atoms with E-state index in [9.17, 15) is 4.79 Å². The van der Waals surface area contributed by atoms with Gasteiger partial charge in [-0.05, 0) is 24.3 Å². The number of methoxy groups -OCH3 is 1. The predicted molar refractivity (Wildman–Crippen MR) is 123 cm³/mol. The van der Waals surface area contributed by atoms with Crippen molar-refractivity contribution in [2.24, 2.45) is 22.7 Å². The fourth-order valence-electron chi connectivity index (χ4n) is 3.27. The molecule has 1 aliphatic rings. The topological polar surface area (TPSA) is 63.2 Å². The Balaban J connectivity index is 0.00000392. The summed E-state index contributed by atoms with van der Waals surface area (Å²) < 4.78 is 10.7. The third-order valence-corrected chi connectivity index (χ3v) is 4.82. The number of nitrogens with one attached hydrogen (secondary N) is 1. The first-order valence-corrected chi connectivity index (χ1v) is 9.77. The van der Waals surface area contributed by atoms with Crippen molar-refractivity contribution in [2.75, 3.05) is 39.9 Å². The number of nitrogens with zero attached hydrogens (tertiary/aromatic N) is 2. The molecule has 0 aromatic heterocycles. The second-order valence-electron chi connectivity index (χ2n) is 7.31. The Hall–Kier alpha value is -1.35. The third kappa shape index (κ3) is 7.58. The Morgan fingerprint density at radius 1 is 1.32 bits per heavy atom. The number of ether oxygens (including phenoxy) is 2. The minimum atomic E-state index is -0.136. The highest BCUT2D eigenvalue weighted by Gasteiger charge is 2.36. The lowest BCUT2D eigenvalue weighted by molar-refractivity contribution is -0.145. The first kappa shape index (κ1) is 24.7. The molecule has 3 atom stereocenters. The number of carbonyl (C=O) groups is 1. The van der Waals surface area contributed by atoms with Crippen molar-refractivity contribution >= 4 is 35.9 Å². The Morgan fingerprint density at radius 2 is 2.04 bits per heavy atom. The van der Waals surface area contributed by atoms with Crippen LogP contribution in [0.25, 0.3) is 0 Å². The molecule has 1 fully saturated rings. The second-order valence-corrected chi connectivity index (χ2v) is 7.31. The molecule has 1 aliphatic heterocycles. The summed E-state index contributed by atoms with van der Waals surface area (Å²) in [6.07, 6.45) is 0. The molecule has 0 amide bonds. The number of rotatable bonds is 8. The molecular formula is C21H34IN3O3.